The number of furan rings is 1. The van der Waals surface area contributed by atoms with Crippen LogP contribution in [0.15, 0.2) is 41.3 Å². The Balaban J connectivity index is 1.59. The number of benzene rings is 1. The highest BCUT2D eigenvalue weighted by Crippen LogP contribution is 2.26. The van der Waals surface area contributed by atoms with Crippen molar-refractivity contribution < 1.29 is 18.8 Å². The van der Waals surface area contributed by atoms with E-state index >= 15 is 0 Å². The van der Waals surface area contributed by atoms with Crippen molar-refractivity contribution in [2.24, 2.45) is 0 Å². The maximum absolute atomic E-state index is 13.0. The summed E-state index contributed by atoms with van der Waals surface area (Å²) in [5, 5.41) is 6.78. The van der Waals surface area contributed by atoms with E-state index in [1.165, 1.54) is 0 Å². The van der Waals surface area contributed by atoms with Crippen molar-refractivity contribution in [3.63, 3.8) is 0 Å². The number of rotatable bonds is 7. The van der Waals surface area contributed by atoms with Gasteiger partial charge in [-0.25, -0.2) is 0 Å². The van der Waals surface area contributed by atoms with Gasteiger partial charge in [-0.05, 0) is 49.6 Å². The molecule has 7 nitrogen and oxygen atoms in total. The van der Waals surface area contributed by atoms with Crippen LogP contribution in [0.4, 0.5) is 0 Å². The van der Waals surface area contributed by atoms with Gasteiger partial charge in [0.1, 0.15) is 5.58 Å². The third-order valence-corrected chi connectivity index (χ3v) is 5.18. The van der Waals surface area contributed by atoms with Gasteiger partial charge in [0.15, 0.2) is 5.76 Å². The van der Waals surface area contributed by atoms with Gasteiger partial charge < -0.3 is 20.0 Å². The molecule has 0 spiro atoms. The summed E-state index contributed by atoms with van der Waals surface area (Å²) in [5.41, 5.74) is 0.612. The molecule has 29 heavy (non-hydrogen) atoms. The summed E-state index contributed by atoms with van der Waals surface area (Å²) in [4.78, 5) is 37.9. The van der Waals surface area contributed by atoms with Crippen LogP contribution in [0.3, 0.4) is 0 Å². The van der Waals surface area contributed by atoms with Crippen LogP contribution in [0, 0.1) is 0 Å². The zero-order chi connectivity index (χ0) is 20.8. The maximum Gasteiger partial charge on any atom is 0.289 e. The number of nitrogens with zero attached hydrogens (tertiary/aromatic N) is 1. The highest BCUT2D eigenvalue weighted by Gasteiger charge is 2.29. The predicted octanol–water partition coefficient (Wildman–Crippen LogP) is 2.89. The van der Waals surface area contributed by atoms with Crippen LogP contribution in [-0.2, 0) is 9.59 Å². The molecule has 154 valence electrons. The maximum atomic E-state index is 13.0. The Morgan fingerprint density at radius 2 is 2.07 bits per heavy atom. The zero-order valence-corrected chi connectivity index (χ0v) is 16.8. The Kier molecular flexibility index (Phi) is 6.93. The van der Waals surface area contributed by atoms with Crippen LogP contribution < -0.4 is 10.6 Å². The number of amides is 3. The van der Waals surface area contributed by atoms with Crippen molar-refractivity contribution in [1.29, 1.82) is 0 Å². The second-order valence-corrected chi connectivity index (χ2v) is 7.43. The van der Waals surface area contributed by atoms with Gasteiger partial charge in [-0.2, -0.15) is 0 Å². The molecule has 1 aliphatic rings. The smallest absolute Gasteiger partial charge is 0.289 e. The molecule has 2 heterocycles. The van der Waals surface area contributed by atoms with Crippen molar-refractivity contribution in [2.75, 3.05) is 19.6 Å². The van der Waals surface area contributed by atoms with E-state index in [1.807, 2.05) is 0 Å². The number of hydrogen-bond donors (Lipinski definition) is 2. The predicted molar refractivity (Wildman–Crippen MR) is 111 cm³/mol. The third kappa shape index (κ3) is 5.38. The van der Waals surface area contributed by atoms with Crippen LogP contribution >= 0.6 is 11.6 Å². The first kappa shape index (κ1) is 20.9. The molecule has 1 atom stereocenters. The number of nitrogens with one attached hydrogen (secondary N) is 2. The highest BCUT2D eigenvalue weighted by atomic mass is 35.5. The lowest BCUT2D eigenvalue weighted by Crippen LogP contribution is -2.49. The van der Waals surface area contributed by atoms with E-state index in [0.717, 1.165) is 30.7 Å². The van der Waals surface area contributed by atoms with E-state index in [2.05, 4.69) is 17.2 Å². The van der Waals surface area contributed by atoms with Crippen LogP contribution in [-0.4, -0.2) is 48.3 Å². The molecule has 8 heteroatoms. The fourth-order valence-corrected chi connectivity index (χ4v) is 3.61. The topological polar surface area (TPSA) is 91.7 Å². The molecule has 1 unspecified atom stereocenters. The average Bonchev–Trinajstić information content (AvgIpc) is 3.15. The lowest BCUT2D eigenvalue weighted by molar-refractivity contribution is -0.121. The van der Waals surface area contributed by atoms with Crippen LogP contribution in [0.25, 0.3) is 11.0 Å². The van der Waals surface area contributed by atoms with E-state index in [9.17, 15) is 14.4 Å². The molecule has 1 aromatic heterocycles. The van der Waals surface area contributed by atoms with Gasteiger partial charge in [-0.15, -0.1) is 0 Å². The molecule has 0 bridgehead atoms. The van der Waals surface area contributed by atoms with E-state index < -0.39 is 0 Å². The molecule has 0 radical (unpaired) electrons. The summed E-state index contributed by atoms with van der Waals surface area (Å²) in [6, 6.07) is 6.83. The van der Waals surface area contributed by atoms with E-state index in [0.29, 0.717) is 23.7 Å². The lowest BCUT2D eigenvalue weighted by Gasteiger charge is -2.35. The SMILES string of the molecule is C=CC(=O)NCCC(=O)NCC1CCCCN1C(=O)c1cc2cc(Cl)ccc2o1. The normalized spacial score (nSPS) is 16.4. The van der Waals surface area contributed by atoms with E-state index in [-0.39, 0.29) is 42.5 Å². The van der Waals surface area contributed by atoms with E-state index in [4.69, 9.17) is 16.0 Å². The largest absolute Gasteiger partial charge is 0.451 e. The molecular formula is C21H24ClN3O4. The second kappa shape index (κ2) is 9.60. The fraction of sp³-hybridized carbons (Fsp3) is 0.381. The summed E-state index contributed by atoms with van der Waals surface area (Å²) in [5.74, 6) is -0.401. The van der Waals surface area contributed by atoms with Crippen LogP contribution in [0.2, 0.25) is 5.02 Å². The van der Waals surface area contributed by atoms with Gasteiger partial charge in [0.05, 0.1) is 0 Å². The van der Waals surface area contributed by atoms with Crippen molar-refractivity contribution in [1.82, 2.24) is 15.5 Å². The monoisotopic (exact) mass is 417 g/mol. The number of hydrogen-bond acceptors (Lipinski definition) is 4. The molecule has 2 aromatic rings. The summed E-state index contributed by atoms with van der Waals surface area (Å²) in [6.45, 7) is 4.59. The average molecular weight is 418 g/mol. The summed E-state index contributed by atoms with van der Waals surface area (Å²) in [7, 11) is 0. The number of carbonyl (C=O) groups excluding carboxylic acids is 3. The number of piperidine rings is 1. The Labute approximate surface area is 174 Å². The van der Waals surface area contributed by atoms with Gasteiger partial charge in [0, 0.05) is 42.5 Å². The summed E-state index contributed by atoms with van der Waals surface area (Å²) in [6.07, 6.45) is 4.05. The Morgan fingerprint density at radius 1 is 1.24 bits per heavy atom. The number of carbonyl (C=O) groups is 3. The highest BCUT2D eigenvalue weighted by molar-refractivity contribution is 6.31. The molecule has 0 saturated carbocycles. The van der Waals surface area contributed by atoms with Gasteiger partial charge >= 0.3 is 0 Å². The molecule has 1 aromatic carbocycles. The molecule has 1 aliphatic heterocycles. The van der Waals surface area contributed by atoms with Gasteiger partial charge in [-0.3, -0.25) is 14.4 Å². The van der Waals surface area contributed by atoms with Crippen molar-refractivity contribution in [3.8, 4) is 0 Å². The van der Waals surface area contributed by atoms with Gasteiger partial charge in [0.2, 0.25) is 11.8 Å². The lowest BCUT2D eigenvalue weighted by atomic mass is 10.0. The van der Waals surface area contributed by atoms with Gasteiger partial charge in [0.25, 0.3) is 5.91 Å². The fourth-order valence-electron chi connectivity index (χ4n) is 3.43. The first-order valence-corrected chi connectivity index (χ1v) is 10.0. The Bertz CT molecular complexity index is 924. The minimum absolute atomic E-state index is 0.0974. The third-order valence-electron chi connectivity index (χ3n) is 4.95. The molecule has 3 amide bonds. The Morgan fingerprint density at radius 3 is 2.86 bits per heavy atom. The number of halogens is 1. The minimum atomic E-state index is -0.311. The molecule has 1 saturated heterocycles. The molecular weight excluding hydrogens is 394 g/mol. The number of likely N-dealkylation sites (tertiary alicyclic amines) is 1. The minimum Gasteiger partial charge on any atom is -0.451 e. The summed E-state index contributed by atoms with van der Waals surface area (Å²) < 4.78 is 5.71. The number of fused-ring (bicyclic) bond motifs is 1. The quantitative estimate of drug-likeness (QED) is 0.677. The standard InChI is InChI=1S/C21H24ClN3O4/c1-2-19(26)23-9-8-20(27)24-13-16-5-3-4-10-25(16)21(28)18-12-14-11-15(22)6-7-17(14)29-18/h2,6-7,11-12,16H,1,3-5,8-10,13H2,(H,23,26)(H,24,27). The first-order valence-electron chi connectivity index (χ1n) is 9.65. The second-order valence-electron chi connectivity index (χ2n) is 6.99. The molecule has 0 aliphatic carbocycles. The molecule has 3 rings (SSSR count). The molecule has 1 fully saturated rings. The zero-order valence-electron chi connectivity index (χ0n) is 16.1. The van der Waals surface area contributed by atoms with Crippen LogP contribution in [0.5, 0.6) is 0 Å². The van der Waals surface area contributed by atoms with Crippen molar-refractivity contribution in [2.45, 2.75) is 31.7 Å². The summed E-state index contributed by atoms with van der Waals surface area (Å²) >= 11 is 6.01. The molecule has 2 N–H and O–H groups in total. The van der Waals surface area contributed by atoms with Crippen LogP contribution in [0.1, 0.15) is 36.2 Å². The van der Waals surface area contributed by atoms with Gasteiger partial charge in [-0.1, -0.05) is 18.2 Å². The first-order chi connectivity index (χ1) is 14.0. The Hall–Kier alpha value is -2.80. The van der Waals surface area contributed by atoms with Crippen molar-refractivity contribution in [3.05, 3.63) is 47.7 Å². The van der Waals surface area contributed by atoms with Crippen molar-refractivity contribution >= 4 is 40.3 Å². The van der Waals surface area contributed by atoms with E-state index in [1.54, 1.807) is 29.2 Å².